The number of para-hydroxylation sites is 1. The summed E-state index contributed by atoms with van der Waals surface area (Å²) in [6, 6.07) is 70.0. The minimum atomic E-state index is -0.0584. The lowest BCUT2D eigenvalue weighted by Crippen LogP contribution is -2.20. The summed E-state index contributed by atoms with van der Waals surface area (Å²) in [5.74, 6) is 0. The molecule has 3 heteroatoms. The first-order chi connectivity index (χ1) is 28.4. The minimum absolute atomic E-state index is 0.0284. The second-order valence-electron chi connectivity index (χ2n) is 16.0. The molecular formula is C55H45N3. The quantitative estimate of drug-likeness (QED) is 0.154. The average molecular weight is 748 g/mol. The van der Waals surface area contributed by atoms with Crippen molar-refractivity contribution in [1.82, 2.24) is 9.88 Å². The molecule has 1 aliphatic rings. The van der Waals surface area contributed by atoms with Crippen LogP contribution in [0, 0.1) is 0 Å². The fourth-order valence-corrected chi connectivity index (χ4v) is 9.01. The van der Waals surface area contributed by atoms with Gasteiger partial charge in [-0.3, -0.25) is 0 Å². The van der Waals surface area contributed by atoms with Crippen LogP contribution in [0.15, 0.2) is 200 Å². The lowest BCUT2D eigenvalue weighted by Gasteiger charge is -2.22. The Kier molecular flexibility index (Phi) is 8.89. The zero-order valence-electron chi connectivity index (χ0n) is 32.9. The lowest BCUT2D eigenvalue weighted by molar-refractivity contribution is 0.621. The first-order valence-electron chi connectivity index (χ1n) is 20.2. The maximum atomic E-state index is 7.02. The number of nitrogens with one attached hydrogen (secondary N) is 1. The van der Waals surface area contributed by atoms with Crippen LogP contribution < -0.4 is 11.1 Å². The molecule has 3 N–H and O–H groups in total. The molecule has 0 fully saturated rings. The van der Waals surface area contributed by atoms with E-state index in [0.717, 1.165) is 34.5 Å². The number of aromatic nitrogens is 1. The third-order valence-corrected chi connectivity index (χ3v) is 12.1. The van der Waals surface area contributed by atoms with E-state index >= 15 is 0 Å². The lowest BCUT2D eigenvalue weighted by atomic mass is 9.81. The predicted octanol–water partition coefficient (Wildman–Crippen LogP) is 13.3. The monoisotopic (exact) mass is 747 g/mol. The predicted molar refractivity (Wildman–Crippen MR) is 244 cm³/mol. The van der Waals surface area contributed by atoms with Gasteiger partial charge in [0.05, 0.1) is 17.1 Å². The van der Waals surface area contributed by atoms with Gasteiger partial charge in [0.15, 0.2) is 0 Å². The SMILES string of the molecule is CC1(C)c2ccccc2-c2ccc(-c3ccc(-c4ccc5c(c4)c4cc(/C(N)=C/C(NCc6ccccc6)c6ccccc6)ccc4n5-c4ccccc4)cc3)cc21. The van der Waals surface area contributed by atoms with Gasteiger partial charge in [0.2, 0.25) is 0 Å². The summed E-state index contributed by atoms with van der Waals surface area (Å²) >= 11 is 0. The van der Waals surface area contributed by atoms with Gasteiger partial charge in [-0.25, -0.2) is 0 Å². The summed E-state index contributed by atoms with van der Waals surface area (Å²) in [4.78, 5) is 0. The number of benzene rings is 8. The molecule has 3 nitrogen and oxygen atoms in total. The van der Waals surface area contributed by atoms with Crippen LogP contribution in [0.25, 0.3) is 66.6 Å². The van der Waals surface area contributed by atoms with Crippen molar-refractivity contribution in [2.24, 2.45) is 5.73 Å². The van der Waals surface area contributed by atoms with E-state index in [1.54, 1.807) is 0 Å². The summed E-state index contributed by atoms with van der Waals surface area (Å²) in [5, 5.41) is 6.10. The van der Waals surface area contributed by atoms with Crippen LogP contribution in [-0.2, 0) is 12.0 Å². The minimum Gasteiger partial charge on any atom is -0.398 e. The van der Waals surface area contributed by atoms with E-state index in [4.69, 9.17) is 5.73 Å². The van der Waals surface area contributed by atoms with Crippen molar-refractivity contribution < 1.29 is 0 Å². The standard InChI is InChI=1S/C55H45N3/c1-55(2)49-21-13-12-20-45(49)46-29-26-42(34-50(46)55)39-24-22-38(23-25-39)41-27-30-53-47(32-41)48-33-43(28-31-54(48)58(53)44-18-10-5-11-19-44)51(56)35-52(40-16-8-4-9-17-40)57-36-37-14-6-3-7-15-37/h3-35,52,57H,36,56H2,1-2H3/b51-35-. The largest absolute Gasteiger partial charge is 0.398 e. The van der Waals surface area contributed by atoms with E-state index in [0.29, 0.717) is 0 Å². The van der Waals surface area contributed by atoms with E-state index < -0.39 is 0 Å². The maximum absolute atomic E-state index is 7.02. The first-order valence-corrected chi connectivity index (χ1v) is 20.2. The van der Waals surface area contributed by atoms with Crippen LogP contribution in [0.3, 0.4) is 0 Å². The highest BCUT2D eigenvalue weighted by Gasteiger charge is 2.35. The van der Waals surface area contributed by atoms with Crippen LogP contribution in [0.1, 0.15) is 47.7 Å². The zero-order valence-corrected chi connectivity index (χ0v) is 32.9. The Bertz CT molecular complexity index is 2960. The van der Waals surface area contributed by atoms with Crippen molar-refractivity contribution >= 4 is 27.5 Å². The molecule has 0 saturated heterocycles. The Morgan fingerprint density at radius 3 is 1.83 bits per heavy atom. The highest BCUT2D eigenvalue weighted by molar-refractivity contribution is 6.11. The van der Waals surface area contributed by atoms with Gasteiger partial charge < -0.3 is 15.6 Å². The molecule has 10 rings (SSSR count). The van der Waals surface area contributed by atoms with Crippen molar-refractivity contribution in [1.29, 1.82) is 0 Å². The molecule has 58 heavy (non-hydrogen) atoms. The average Bonchev–Trinajstić information content (AvgIpc) is 3.73. The van der Waals surface area contributed by atoms with Gasteiger partial charge in [-0.2, -0.15) is 0 Å². The summed E-state index contributed by atoms with van der Waals surface area (Å²) in [6.45, 7) is 5.42. The second kappa shape index (κ2) is 14.5. The van der Waals surface area contributed by atoms with Crippen molar-refractivity contribution in [3.8, 4) is 39.1 Å². The third kappa shape index (κ3) is 6.31. The summed E-state index contributed by atoms with van der Waals surface area (Å²) < 4.78 is 2.36. The molecule has 1 heterocycles. The number of hydrogen-bond acceptors (Lipinski definition) is 2. The van der Waals surface area contributed by atoms with E-state index in [-0.39, 0.29) is 11.5 Å². The molecule has 0 amide bonds. The molecule has 1 aromatic heterocycles. The molecule has 0 radical (unpaired) electrons. The summed E-state index contributed by atoms with van der Waals surface area (Å²) in [6.07, 6.45) is 2.16. The molecule has 9 aromatic rings. The van der Waals surface area contributed by atoms with Crippen molar-refractivity contribution in [2.75, 3.05) is 0 Å². The second-order valence-corrected chi connectivity index (χ2v) is 16.0. The molecule has 1 aliphatic carbocycles. The molecular weight excluding hydrogens is 703 g/mol. The molecule has 0 bridgehead atoms. The van der Waals surface area contributed by atoms with Crippen LogP contribution in [0.5, 0.6) is 0 Å². The maximum Gasteiger partial charge on any atom is 0.0541 e. The van der Waals surface area contributed by atoms with E-state index in [1.165, 1.54) is 66.4 Å². The van der Waals surface area contributed by atoms with Gasteiger partial charge in [0.1, 0.15) is 0 Å². The van der Waals surface area contributed by atoms with E-state index in [2.05, 4.69) is 224 Å². The highest BCUT2D eigenvalue weighted by atomic mass is 15.0. The number of rotatable bonds is 9. The molecule has 8 aromatic carbocycles. The third-order valence-electron chi connectivity index (χ3n) is 12.1. The number of fused-ring (bicyclic) bond motifs is 6. The van der Waals surface area contributed by atoms with Crippen LogP contribution >= 0.6 is 0 Å². The number of nitrogens with zero attached hydrogens (tertiary/aromatic N) is 1. The molecule has 280 valence electrons. The van der Waals surface area contributed by atoms with Crippen molar-refractivity contribution in [2.45, 2.75) is 31.8 Å². The van der Waals surface area contributed by atoms with Crippen molar-refractivity contribution in [3.63, 3.8) is 0 Å². The van der Waals surface area contributed by atoms with Gasteiger partial charge in [-0.1, -0.05) is 166 Å². The molecule has 0 saturated carbocycles. The van der Waals surface area contributed by atoms with Crippen LogP contribution in [0.4, 0.5) is 0 Å². The smallest absolute Gasteiger partial charge is 0.0541 e. The Balaban J connectivity index is 1.02. The topological polar surface area (TPSA) is 43.0 Å². The Hall–Kier alpha value is -6.94. The summed E-state index contributed by atoms with van der Waals surface area (Å²) in [7, 11) is 0. The zero-order chi connectivity index (χ0) is 39.2. The normalized spacial score (nSPS) is 13.7. The first kappa shape index (κ1) is 35.5. The molecule has 0 spiro atoms. The van der Waals surface area contributed by atoms with Crippen LogP contribution in [0.2, 0.25) is 0 Å². The Morgan fingerprint density at radius 1 is 0.552 bits per heavy atom. The fraction of sp³-hybridized carbons (Fsp3) is 0.0909. The molecule has 1 atom stereocenters. The highest BCUT2D eigenvalue weighted by Crippen LogP contribution is 2.49. The van der Waals surface area contributed by atoms with Gasteiger partial charge in [-0.15, -0.1) is 0 Å². The van der Waals surface area contributed by atoms with Gasteiger partial charge in [0.25, 0.3) is 0 Å². The van der Waals surface area contributed by atoms with Gasteiger partial charge in [-0.05, 0) is 110 Å². The Morgan fingerprint density at radius 2 is 1.10 bits per heavy atom. The van der Waals surface area contributed by atoms with Gasteiger partial charge in [0, 0.05) is 34.1 Å². The van der Waals surface area contributed by atoms with Crippen LogP contribution in [-0.4, -0.2) is 4.57 Å². The summed E-state index contributed by atoms with van der Waals surface area (Å²) in [5.41, 5.74) is 24.9. The number of hydrogen-bond donors (Lipinski definition) is 2. The Labute approximate surface area is 340 Å². The van der Waals surface area contributed by atoms with Crippen molar-refractivity contribution in [3.05, 3.63) is 228 Å². The van der Waals surface area contributed by atoms with Gasteiger partial charge >= 0.3 is 0 Å². The number of nitrogens with two attached hydrogens (primary N) is 1. The van der Waals surface area contributed by atoms with E-state index in [1.807, 2.05) is 0 Å². The van der Waals surface area contributed by atoms with E-state index in [9.17, 15) is 0 Å². The molecule has 0 aliphatic heterocycles. The fourth-order valence-electron chi connectivity index (χ4n) is 9.01. The molecule has 1 unspecified atom stereocenters.